The number of ether oxygens (including phenoxy) is 1. The number of hydrogen-bond acceptors (Lipinski definition) is 2. The Labute approximate surface area is 107 Å². The first-order valence-electron chi connectivity index (χ1n) is 6.45. The Hall–Kier alpha value is -1.61. The molecule has 2 aromatic rings. The highest BCUT2D eigenvalue weighted by Crippen LogP contribution is 2.25. The zero-order valence-corrected chi connectivity index (χ0v) is 10.7. The van der Waals surface area contributed by atoms with Crippen LogP contribution in [0.25, 0.3) is 16.5 Å². The smallest absolute Gasteiger partial charge is 0.0952 e. The highest BCUT2D eigenvalue weighted by atomic mass is 16.5. The number of benzene rings is 1. The van der Waals surface area contributed by atoms with Crippen molar-refractivity contribution in [3.8, 4) is 0 Å². The van der Waals surface area contributed by atoms with E-state index < -0.39 is 0 Å². The molecule has 18 heavy (non-hydrogen) atoms. The molecule has 0 bridgehead atoms. The molecule has 0 aliphatic carbocycles. The Morgan fingerprint density at radius 3 is 3.06 bits per heavy atom. The first-order valence-corrected chi connectivity index (χ1v) is 6.45. The number of para-hydroxylation sites is 1. The molecule has 1 atom stereocenters. The second-order valence-electron chi connectivity index (χ2n) is 5.06. The molecule has 0 radical (unpaired) electrons. The topological polar surface area (TPSA) is 27.1 Å². The minimum absolute atomic E-state index is 0.589. The first-order chi connectivity index (χ1) is 8.75. The predicted molar refractivity (Wildman–Crippen MR) is 73.4 cm³/mol. The van der Waals surface area contributed by atoms with E-state index in [0.29, 0.717) is 5.92 Å². The van der Waals surface area contributed by atoms with Gasteiger partial charge in [-0.2, -0.15) is 5.10 Å². The van der Waals surface area contributed by atoms with Crippen LogP contribution < -0.4 is 0 Å². The van der Waals surface area contributed by atoms with Crippen molar-refractivity contribution in [2.45, 2.75) is 19.9 Å². The summed E-state index contributed by atoms with van der Waals surface area (Å²) in [7, 11) is 0. The van der Waals surface area contributed by atoms with Crippen LogP contribution in [0.3, 0.4) is 0 Å². The highest BCUT2D eigenvalue weighted by molar-refractivity contribution is 5.89. The summed E-state index contributed by atoms with van der Waals surface area (Å²) in [5, 5.41) is 5.91. The quantitative estimate of drug-likeness (QED) is 0.827. The molecular weight excluding hydrogens is 224 g/mol. The number of hydrogen-bond donors (Lipinski definition) is 0. The van der Waals surface area contributed by atoms with Crippen molar-refractivity contribution < 1.29 is 4.74 Å². The summed E-state index contributed by atoms with van der Waals surface area (Å²) in [4.78, 5) is 0. The fourth-order valence-corrected chi connectivity index (χ4v) is 2.55. The van der Waals surface area contributed by atoms with E-state index in [4.69, 9.17) is 9.84 Å². The molecule has 2 heterocycles. The zero-order valence-electron chi connectivity index (χ0n) is 10.7. The van der Waals surface area contributed by atoms with E-state index in [1.807, 2.05) is 6.92 Å². The maximum absolute atomic E-state index is 5.44. The molecule has 1 unspecified atom stereocenters. The number of aromatic nitrogens is 2. The molecule has 3 heteroatoms. The van der Waals surface area contributed by atoms with Gasteiger partial charge >= 0.3 is 0 Å². The summed E-state index contributed by atoms with van der Waals surface area (Å²) >= 11 is 0. The highest BCUT2D eigenvalue weighted by Gasteiger charge is 2.18. The Bertz CT molecular complexity index is 579. The molecule has 1 saturated heterocycles. The Morgan fingerprint density at radius 2 is 2.33 bits per heavy atom. The molecule has 1 aliphatic heterocycles. The van der Waals surface area contributed by atoms with Crippen molar-refractivity contribution in [3.05, 3.63) is 36.5 Å². The summed E-state index contributed by atoms with van der Waals surface area (Å²) in [5.74, 6) is 0.589. The van der Waals surface area contributed by atoms with Crippen molar-refractivity contribution >= 4 is 16.5 Å². The molecule has 0 amide bonds. The Morgan fingerprint density at radius 1 is 1.50 bits per heavy atom. The van der Waals surface area contributed by atoms with Crippen molar-refractivity contribution in [1.29, 1.82) is 0 Å². The standard InChI is InChI=1S/C15H18N2O/c1-11(2)15-13-5-3-4-6-14(13)17(16-15)9-12-7-8-18-10-12/h3-6,12H,1,7-10H2,2H3. The second-order valence-corrected chi connectivity index (χ2v) is 5.06. The van der Waals surface area contributed by atoms with Gasteiger partial charge in [-0.3, -0.25) is 4.68 Å². The maximum atomic E-state index is 5.44. The van der Waals surface area contributed by atoms with Crippen LogP contribution in [0.5, 0.6) is 0 Å². The normalized spacial score (nSPS) is 19.5. The van der Waals surface area contributed by atoms with Crippen LogP contribution >= 0.6 is 0 Å². The fourth-order valence-electron chi connectivity index (χ4n) is 2.55. The van der Waals surface area contributed by atoms with Gasteiger partial charge in [-0.15, -0.1) is 0 Å². The minimum Gasteiger partial charge on any atom is -0.381 e. The van der Waals surface area contributed by atoms with E-state index in [9.17, 15) is 0 Å². The second kappa shape index (κ2) is 4.58. The lowest BCUT2D eigenvalue weighted by atomic mass is 10.1. The van der Waals surface area contributed by atoms with E-state index in [2.05, 4.69) is 35.5 Å². The van der Waals surface area contributed by atoms with Crippen molar-refractivity contribution in [2.24, 2.45) is 5.92 Å². The number of rotatable bonds is 3. The van der Waals surface area contributed by atoms with Crippen LogP contribution in [0.2, 0.25) is 0 Å². The summed E-state index contributed by atoms with van der Waals surface area (Å²) in [6.45, 7) is 8.71. The molecule has 0 saturated carbocycles. The molecule has 1 aromatic heterocycles. The van der Waals surface area contributed by atoms with Crippen molar-refractivity contribution in [1.82, 2.24) is 9.78 Å². The largest absolute Gasteiger partial charge is 0.381 e. The van der Waals surface area contributed by atoms with Gasteiger partial charge in [0.25, 0.3) is 0 Å². The summed E-state index contributed by atoms with van der Waals surface area (Å²) in [6, 6.07) is 8.37. The van der Waals surface area contributed by atoms with Crippen LogP contribution in [0.4, 0.5) is 0 Å². The van der Waals surface area contributed by atoms with Gasteiger partial charge in [0, 0.05) is 24.5 Å². The van der Waals surface area contributed by atoms with Crippen molar-refractivity contribution in [2.75, 3.05) is 13.2 Å². The van der Waals surface area contributed by atoms with Gasteiger partial charge in [-0.1, -0.05) is 24.8 Å². The van der Waals surface area contributed by atoms with Gasteiger partial charge in [0.2, 0.25) is 0 Å². The lowest BCUT2D eigenvalue weighted by Gasteiger charge is -2.08. The molecule has 1 aromatic carbocycles. The first kappa shape index (κ1) is 11.5. The number of fused-ring (bicyclic) bond motifs is 1. The number of nitrogens with zero attached hydrogens (tertiary/aromatic N) is 2. The molecule has 3 nitrogen and oxygen atoms in total. The van der Waals surface area contributed by atoms with Crippen LogP contribution in [0, 0.1) is 5.92 Å². The van der Waals surface area contributed by atoms with Crippen LogP contribution in [0.15, 0.2) is 30.8 Å². The third-order valence-corrected chi connectivity index (χ3v) is 3.52. The summed E-state index contributed by atoms with van der Waals surface area (Å²) in [5.41, 5.74) is 3.24. The number of allylic oxidation sites excluding steroid dienone is 1. The van der Waals surface area contributed by atoms with E-state index in [1.54, 1.807) is 0 Å². The van der Waals surface area contributed by atoms with Gasteiger partial charge in [0.15, 0.2) is 0 Å². The van der Waals surface area contributed by atoms with E-state index >= 15 is 0 Å². The molecule has 0 N–H and O–H groups in total. The van der Waals surface area contributed by atoms with Gasteiger partial charge in [0.1, 0.15) is 0 Å². The monoisotopic (exact) mass is 242 g/mol. The third-order valence-electron chi connectivity index (χ3n) is 3.52. The molecule has 1 fully saturated rings. The molecule has 3 rings (SSSR count). The lowest BCUT2D eigenvalue weighted by molar-refractivity contribution is 0.182. The Kier molecular flexibility index (Phi) is 2.92. The summed E-state index contributed by atoms with van der Waals surface area (Å²) in [6.07, 6.45) is 1.14. The van der Waals surface area contributed by atoms with Gasteiger partial charge in [0.05, 0.1) is 17.8 Å². The van der Waals surface area contributed by atoms with Crippen LogP contribution in [-0.4, -0.2) is 23.0 Å². The van der Waals surface area contributed by atoms with E-state index in [0.717, 1.165) is 37.4 Å². The van der Waals surface area contributed by atoms with Crippen LogP contribution in [-0.2, 0) is 11.3 Å². The average Bonchev–Trinajstić information content (AvgIpc) is 2.98. The lowest BCUT2D eigenvalue weighted by Crippen LogP contribution is -2.11. The van der Waals surface area contributed by atoms with Crippen LogP contribution in [0.1, 0.15) is 19.0 Å². The molecule has 0 spiro atoms. The van der Waals surface area contributed by atoms with E-state index in [-0.39, 0.29) is 0 Å². The molecule has 1 aliphatic rings. The zero-order chi connectivity index (χ0) is 12.5. The fraction of sp³-hybridized carbons (Fsp3) is 0.400. The predicted octanol–water partition coefficient (Wildman–Crippen LogP) is 3.11. The third kappa shape index (κ3) is 1.95. The maximum Gasteiger partial charge on any atom is 0.0952 e. The average molecular weight is 242 g/mol. The van der Waals surface area contributed by atoms with Gasteiger partial charge < -0.3 is 4.74 Å². The summed E-state index contributed by atoms with van der Waals surface area (Å²) < 4.78 is 7.55. The molecular formula is C15H18N2O. The SMILES string of the molecule is C=C(C)c1nn(CC2CCOC2)c2ccccc12. The van der Waals surface area contributed by atoms with Crippen molar-refractivity contribution in [3.63, 3.8) is 0 Å². The minimum atomic E-state index is 0.589. The van der Waals surface area contributed by atoms with E-state index in [1.165, 1.54) is 10.9 Å². The van der Waals surface area contributed by atoms with Gasteiger partial charge in [-0.25, -0.2) is 0 Å². The Balaban J connectivity index is 2.02. The molecule has 94 valence electrons. The van der Waals surface area contributed by atoms with Gasteiger partial charge in [-0.05, 0) is 25.0 Å².